The summed E-state index contributed by atoms with van der Waals surface area (Å²) in [6.45, 7) is 1.97. The lowest BCUT2D eigenvalue weighted by atomic mass is 10.1. The normalized spacial score (nSPS) is 11.1. The number of rotatable bonds is 4. The van der Waals surface area contributed by atoms with Crippen molar-refractivity contribution in [3.05, 3.63) is 71.4 Å². The van der Waals surface area contributed by atoms with Crippen LogP contribution in [0.3, 0.4) is 0 Å². The van der Waals surface area contributed by atoms with Gasteiger partial charge in [0, 0.05) is 18.0 Å². The molecule has 1 N–H and O–H groups in total. The van der Waals surface area contributed by atoms with Gasteiger partial charge in [-0.1, -0.05) is 18.2 Å². The van der Waals surface area contributed by atoms with Crippen LogP contribution in [0.4, 0.5) is 4.39 Å². The molecule has 0 fully saturated rings. The molecule has 0 saturated carbocycles. The molecular weight excluding hydrogens is 347 g/mol. The number of carbonyl (C=O) groups excluding carboxylic acids is 1. The Morgan fingerprint density at radius 3 is 2.74 bits per heavy atom. The summed E-state index contributed by atoms with van der Waals surface area (Å²) in [6.07, 6.45) is 0. The van der Waals surface area contributed by atoms with Crippen LogP contribution in [0.25, 0.3) is 16.6 Å². The Kier molecular flexibility index (Phi) is 4.15. The molecule has 0 saturated heterocycles. The predicted octanol–water partition coefficient (Wildman–Crippen LogP) is 2.53. The molecule has 2 aromatic carbocycles. The molecule has 8 heteroatoms. The summed E-state index contributed by atoms with van der Waals surface area (Å²) in [5.41, 5.74) is 2.82. The van der Waals surface area contributed by atoms with Crippen LogP contribution in [0.2, 0.25) is 0 Å². The third-order valence-corrected chi connectivity index (χ3v) is 4.57. The van der Waals surface area contributed by atoms with Gasteiger partial charge in [0.25, 0.3) is 5.91 Å². The van der Waals surface area contributed by atoms with Gasteiger partial charge in [-0.15, -0.1) is 5.10 Å². The number of hydrogen-bond donors (Lipinski definition) is 1. The highest BCUT2D eigenvalue weighted by Crippen LogP contribution is 2.25. The van der Waals surface area contributed by atoms with E-state index in [-0.39, 0.29) is 18.3 Å². The maximum atomic E-state index is 13.6. The number of para-hydroxylation sites is 1. The molecule has 0 radical (unpaired) electrons. The van der Waals surface area contributed by atoms with E-state index < -0.39 is 0 Å². The van der Waals surface area contributed by atoms with E-state index in [1.54, 1.807) is 22.4 Å². The maximum absolute atomic E-state index is 13.6. The summed E-state index contributed by atoms with van der Waals surface area (Å²) in [5, 5.41) is 15.2. The van der Waals surface area contributed by atoms with Crippen molar-refractivity contribution < 1.29 is 9.18 Å². The minimum atomic E-state index is -0.329. The molecular formula is C19H17FN6O. The largest absolute Gasteiger partial charge is 0.343 e. The first kappa shape index (κ1) is 16.9. The van der Waals surface area contributed by atoms with Crippen molar-refractivity contribution in [2.45, 2.75) is 13.5 Å². The molecule has 4 rings (SSSR count). The van der Waals surface area contributed by atoms with Crippen molar-refractivity contribution in [3.8, 4) is 5.69 Å². The van der Waals surface area contributed by atoms with Crippen molar-refractivity contribution in [3.63, 3.8) is 0 Å². The third-order valence-electron chi connectivity index (χ3n) is 4.57. The average Bonchev–Trinajstić information content (AvgIpc) is 3.24. The van der Waals surface area contributed by atoms with Crippen LogP contribution >= 0.6 is 0 Å². The molecule has 0 bridgehead atoms. The van der Waals surface area contributed by atoms with E-state index in [4.69, 9.17) is 0 Å². The Hall–Kier alpha value is -3.55. The van der Waals surface area contributed by atoms with E-state index in [1.165, 1.54) is 12.1 Å². The van der Waals surface area contributed by atoms with Gasteiger partial charge in [-0.3, -0.25) is 4.79 Å². The number of tetrazole rings is 1. The standard InChI is InChI=1S/C19H17FN6O/c1-12-15-10-13(20)8-9-16(15)25(2)18(12)19(27)21-11-17-22-23-24-26(17)14-6-4-3-5-7-14/h3-10H,11H2,1-2H3,(H,21,27). The zero-order valence-electron chi connectivity index (χ0n) is 14.8. The van der Waals surface area contributed by atoms with Gasteiger partial charge in [0.1, 0.15) is 11.5 Å². The summed E-state index contributed by atoms with van der Waals surface area (Å²) in [7, 11) is 1.79. The number of carbonyl (C=O) groups is 1. The minimum absolute atomic E-state index is 0.163. The highest BCUT2D eigenvalue weighted by Gasteiger charge is 2.19. The van der Waals surface area contributed by atoms with Gasteiger partial charge < -0.3 is 9.88 Å². The smallest absolute Gasteiger partial charge is 0.268 e. The molecule has 4 aromatic rings. The molecule has 0 aliphatic carbocycles. The van der Waals surface area contributed by atoms with Crippen molar-refractivity contribution in [2.75, 3.05) is 0 Å². The van der Waals surface area contributed by atoms with Crippen LogP contribution in [0.1, 0.15) is 21.9 Å². The number of aryl methyl sites for hydroxylation is 2. The fraction of sp³-hybridized carbons (Fsp3) is 0.158. The maximum Gasteiger partial charge on any atom is 0.268 e. The number of nitrogens with one attached hydrogen (secondary N) is 1. The molecule has 0 unspecified atom stereocenters. The van der Waals surface area contributed by atoms with Gasteiger partial charge >= 0.3 is 0 Å². The fourth-order valence-corrected chi connectivity index (χ4v) is 3.25. The number of benzene rings is 2. The van der Waals surface area contributed by atoms with Crippen molar-refractivity contribution >= 4 is 16.8 Å². The molecule has 7 nitrogen and oxygen atoms in total. The Bertz CT molecular complexity index is 1130. The summed E-state index contributed by atoms with van der Waals surface area (Å²) < 4.78 is 16.9. The van der Waals surface area contributed by atoms with Gasteiger partial charge in [-0.05, 0) is 53.2 Å². The second-order valence-electron chi connectivity index (χ2n) is 6.22. The van der Waals surface area contributed by atoms with Crippen LogP contribution in [-0.2, 0) is 13.6 Å². The molecule has 0 spiro atoms. The highest BCUT2D eigenvalue weighted by molar-refractivity contribution is 6.01. The van der Waals surface area contributed by atoms with Gasteiger partial charge in [-0.25, -0.2) is 4.39 Å². The first-order valence-electron chi connectivity index (χ1n) is 8.41. The number of nitrogens with zero attached hydrogens (tertiary/aromatic N) is 5. The van der Waals surface area contributed by atoms with Crippen LogP contribution in [0.15, 0.2) is 48.5 Å². The molecule has 2 aromatic heterocycles. The second kappa shape index (κ2) is 6.64. The molecule has 0 atom stereocenters. The molecule has 1 amide bonds. The number of halogens is 1. The van der Waals surface area contributed by atoms with Crippen LogP contribution in [0, 0.1) is 12.7 Å². The Morgan fingerprint density at radius 1 is 1.19 bits per heavy atom. The average molecular weight is 364 g/mol. The first-order valence-corrected chi connectivity index (χ1v) is 8.41. The number of aromatic nitrogens is 5. The summed E-state index contributed by atoms with van der Waals surface area (Å²) in [6, 6.07) is 13.9. The van der Waals surface area contributed by atoms with Crippen LogP contribution in [0.5, 0.6) is 0 Å². The summed E-state index contributed by atoms with van der Waals surface area (Å²) in [5.74, 6) is -0.0866. The van der Waals surface area contributed by atoms with E-state index in [1.807, 2.05) is 37.3 Å². The zero-order valence-corrected chi connectivity index (χ0v) is 14.8. The Morgan fingerprint density at radius 2 is 1.96 bits per heavy atom. The van der Waals surface area contributed by atoms with E-state index in [2.05, 4.69) is 20.8 Å². The van der Waals surface area contributed by atoms with E-state index in [0.29, 0.717) is 11.5 Å². The predicted molar refractivity (Wildman–Crippen MR) is 97.9 cm³/mol. The van der Waals surface area contributed by atoms with Crippen LogP contribution < -0.4 is 5.32 Å². The highest BCUT2D eigenvalue weighted by atomic mass is 19.1. The van der Waals surface area contributed by atoms with E-state index in [9.17, 15) is 9.18 Å². The van der Waals surface area contributed by atoms with Crippen molar-refractivity contribution in [1.29, 1.82) is 0 Å². The molecule has 0 aliphatic rings. The quantitative estimate of drug-likeness (QED) is 0.604. The number of amides is 1. The van der Waals surface area contributed by atoms with Crippen molar-refractivity contribution in [2.24, 2.45) is 7.05 Å². The fourth-order valence-electron chi connectivity index (χ4n) is 3.25. The molecule has 0 aliphatic heterocycles. The van der Waals surface area contributed by atoms with Gasteiger partial charge in [0.15, 0.2) is 5.82 Å². The zero-order chi connectivity index (χ0) is 19.0. The monoisotopic (exact) mass is 364 g/mol. The van der Waals surface area contributed by atoms with E-state index >= 15 is 0 Å². The molecule has 27 heavy (non-hydrogen) atoms. The molecule has 136 valence electrons. The van der Waals surface area contributed by atoms with Gasteiger partial charge in [0.05, 0.1) is 12.2 Å². The number of hydrogen-bond acceptors (Lipinski definition) is 4. The van der Waals surface area contributed by atoms with Gasteiger partial charge in [-0.2, -0.15) is 4.68 Å². The minimum Gasteiger partial charge on any atom is -0.343 e. The SMILES string of the molecule is Cc1c(C(=O)NCc2nnnn2-c2ccccc2)n(C)c2ccc(F)cc12. The Labute approximate surface area is 154 Å². The summed E-state index contributed by atoms with van der Waals surface area (Å²) >= 11 is 0. The van der Waals surface area contributed by atoms with Crippen molar-refractivity contribution in [1.82, 2.24) is 30.1 Å². The second-order valence-corrected chi connectivity index (χ2v) is 6.22. The summed E-state index contributed by atoms with van der Waals surface area (Å²) in [4.78, 5) is 12.8. The third kappa shape index (κ3) is 2.95. The first-order chi connectivity index (χ1) is 13.1. The van der Waals surface area contributed by atoms with E-state index in [0.717, 1.165) is 22.2 Å². The van der Waals surface area contributed by atoms with Gasteiger partial charge in [0.2, 0.25) is 0 Å². The number of fused-ring (bicyclic) bond motifs is 1. The topological polar surface area (TPSA) is 77.6 Å². The Balaban J connectivity index is 1.60. The lowest BCUT2D eigenvalue weighted by Gasteiger charge is -2.08. The lowest BCUT2D eigenvalue weighted by Crippen LogP contribution is -2.27. The van der Waals surface area contributed by atoms with Crippen LogP contribution in [-0.4, -0.2) is 30.7 Å². The lowest BCUT2D eigenvalue weighted by molar-refractivity contribution is 0.0941. The molecule has 2 heterocycles.